The van der Waals surface area contributed by atoms with Gasteiger partial charge < -0.3 is 10.1 Å². The van der Waals surface area contributed by atoms with Gasteiger partial charge in [-0.25, -0.2) is 0 Å². The molecule has 1 aromatic heterocycles. The minimum absolute atomic E-state index is 0.267. The first-order valence-corrected chi connectivity index (χ1v) is 7.13. The fourth-order valence-corrected chi connectivity index (χ4v) is 1.99. The highest BCUT2D eigenvalue weighted by molar-refractivity contribution is 5.32. The van der Waals surface area contributed by atoms with E-state index in [1.165, 1.54) is 5.56 Å². The molecule has 106 valence electrons. The predicted molar refractivity (Wildman–Crippen MR) is 82.2 cm³/mol. The van der Waals surface area contributed by atoms with E-state index in [9.17, 15) is 0 Å². The molecule has 0 radical (unpaired) electrons. The number of aryl methyl sites for hydroxylation is 1. The molecule has 0 aliphatic carbocycles. The molecule has 0 fully saturated rings. The van der Waals surface area contributed by atoms with Crippen molar-refractivity contribution < 1.29 is 4.74 Å². The van der Waals surface area contributed by atoms with Crippen molar-refractivity contribution in [2.45, 2.75) is 33.2 Å². The second-order valence-electron chi connectivity index (χ2n) is 5.01. The molecule has 0 saturated carbocycles. The standard InChI is InChI=1S/C17H22N2O/c1-4-10-18-14(3)17-9-8-16(12-19-17)20-15-7-5-6-13(2)11-15/h5-9,11-12,14,18H,4,10H2,1-3H3. The van der Waals surface area contributed by atoms with Crippen molar-refractivity contribution in [3.05, 3.63) is 53.9 Å². The average molecular weight is 270 g/mol. The highest BCUT2D eigenvalue weighted by Crippen LogP contribution is 2.22. The molecular formula is C17H22N2O. The summed E-state index contributed by atoms with van der Waals surface area (Å²) in [6.45, 7) is 7.34. The number of benzene rings is 1. The lowest BCUT2D eigenvalue weighted by Crippen LogP contribution is -2.20. The van der Waals surface area contributed by atoms with Crippen molar-refractivity contribution >= 4 is 0 Å². The zero-order valence-corrected chi connectivity index (χ0v) is 12.4. The van der Waals surface area contributed by atoms with Crippen LogP contribution >= 0.6 is 0 Å². The van der Waals surface area contributed by atoms with Gasteiger partial charge in [0.1, 0.15) is 11.5 Å². The summed E-state index contributed by atoms with van der Waals surface area (Å²) < 4.78 is 5.79. The van der Waals surface area contributed by atoms with Crippen LogP contribution in [0.2, 0.25) is 0 Å². The van der Waals surface area contributed by atoms with E-state index in [4.69, 9.17) is 4.74 Å². The van der Waals surface area contributed by atoms with Gasteiger partial charge in [0.05, 0.1) is 11.9 Å². The Balaban J connectivity index is 2.01. The van der Waals surface area contributed by atoms with Crippen LogP contribution in [0.15, 0.2) is 42.6 Å². The van der Waals surface area contributed by atoms with Gasteiger partial charge in [0.25, 0.3) is 0 Å². The first-order chi connectivity index (χ1) is 9.69. The Kier molecular flexibility index (Phi) is 5.13. The first-order valence-electron chi connectivity index (χ1n) is 7.13. The number of aromatic nitrogens is 1. The third kappa shape index (κ3) is 4.07. The maximum atomic E-state index is 5.79. The Bertz CT molecular complexity index is 537. The minimum Gasteiger partial charge on any atom is -0.456 e. The Morgan fingerprint density at radius 3 is 2.70 bits per heavy atom. The number of pyridine rings is 1. The van der Waals surface area contributed by atoms with Gasteiger partial charge >= 0.3 is 0 Å². The van der Waals surface area contributed by atoms with Crippen LogP contribution in [0.3, 0.4) is 0 Å². The number of hydrogen-bond donors (Lipinski definition) is 1. The molecule has 3 nitrogen and oxygen atoms in total. The van der Waals surface area contributed by atoms with E-state index < -0.39 is 0 Å². The third-order valence-electron chi connectivity index (χ3n) is 3.13. The average Bonchev–Trinajstić information content (AvgIpc) is 2.45. The maximum absolute atomic E-state index is 5.79. The summed E-state index contributed by atoms with van der Waals surface area (Å²) in [4.78, 5) is 4.46. The van der Waals surface area contributed by atoms with E-state index in [-0.39, 0.29) is 6.04 Å². The minimum atomic E-state index is 0.267. The van der Waals surface area contributed by atoms with Gasteiger partial charge in [0.15, 0.2) is 0 Å². The van der Waals surface area contributed by atoms with Crippen LogP contribution in [0.5, 0.6) is 11.5 Å². The van der Waals surface area contributed by atoms with Crippen LogP contribution in [-0.2, 0) is 0 Å². The van der Waals surface area contributed by atoms with Crippen LogP contribution in [-0.4, -0.2) is 11.5 Å². The van der Waals surface area contributed by atoms with E-state index in [0.717, 1.165) is 30.2 Å². The van der Waals surface area contributed by atoms with E-state index in [1.807, 2.05) is 30.3 Å². The molecule has 1 unspecified atom stereocenters. The number of ether oxygens (including phenoxy) is 1. The molecule has 0 bridgehead atoms. The molecule has 1 atom stereocenters. The van der Waals surface area contributed by atoms with E-state index in [0.29, 0.717) is 0 Å². The quantitative estimate of drug-likeness (QED) is 0.852. The van der Waals surface area contributed by atoms with Crippen LogP contribution in [0.25, 0.3) is 0 Å². The first kappa shape index (κ1) is 14.5. The van der Waals surface area contributed by atoms with Gasteiger partial charge in [-0.1, -0.05) is 19.1 Å². The molecular weight excluding hydrogens is 248 g/mol. The molecule has 0 spiro atoms. The van der Waals surface area contributed by atoms with E-state index >= 15 is 0 Å². The monoisotopic (exact) mass is 270 g/mol. The number of nitrogens with zero attached hydrogens (tertiary/aromatic N) is 1. The third-order valence-corrected chi connectivity index (χ3v) is 3.13. The Morgan fingerprint density at radius 1 is 1.20 bits per heavy atom. The molecule has 2 rings (SSSR count). The number of hydrogen-bond acceptors (Lipinski definition) is 3. The van der Waals surface area contributed by atoms with Crippen molar-refractivity contribution in [2.24, 2.45) is 0 Å². The highest BCUT2D eigenvalue weighted by atomic mass is 16.5. The van der Waals surface area contributed by atoms with Gasteiger partial charge in [-0.2, -0.15) is 0 Å². The zero-order chi connectivity index (χ0) is 14.4. The summed E-state index contributed by atoms with van der Waals surface area (Å²) in [5, 5.41) is 3.42. The second kappa shape index (κ2) is 7.06. The van der Waals surface area contributed by atoms with Crippen molar-refractivity contribution in [3.63, 3.8) is 0 Å². The lowest BCUT2D eigenvalue weighted by atomic mass is 10.2. The summed E-state index contributed by atoms with van der Waals surface area (Å²) in [6, 6.07) is 12.3. The van der Waals surface area contributed by atoms with Gasteiger partial charge in [-0.3, -0.25) is 4.98 Å². The fraction of sp³-hybridized carbons (Fsp3) is 0.353. The Morgan fingerprint density at radius 2 is 2.05 bits per heavy atom. The lowest BCUT2D eigenvalue weighted by molar-refractivity contribution is 0.477. The molecule has 0 aliphatic rings. The van der Waals surface area contributed by atoms with Crippen molar-refractivity contribution in [3.8, 4) is 11.5 Å². The van der Waals surface area contributed by atoms with Crippen LogP contribution in [0.1, 0.15) is 37.6 Å². The van der Waals surface area contributed by atoms with Crippen molar-refractivity contribution in [2.75, 3.05) is 6.54 Å². The van der Waals surface area contributed by atoms with Crippen LogP contribution in [0.4, 0.5) is 0 Å². The summed E-state index contributed by atoms with van der Waals surface area (Å²) in [6.07, 6.45) is 2.90. The fourth-order valence-electron chi connectivity index (χ4n) is 1.99. The number of rotatable bonds is 6. The maximum Gasteiger partial charge on any atom is 0.145 e. The number of nitrogens with one attached hydrogen (secondary N) is 1. The van der Waals surface area contributed by atoms with Crippen molar-refractivity contribution in [1.29, 1.82) is 0 Å². The largest absolute Gasteiger partial charge is 0.456 e. The van der Waals surface area contributed by atoms with Crippen LogP contribution < -0.4 is 10.1 Å². The zero-order valence-electron chi connectivity index (χ0n) is 12.4. The van der Waals surface area contributed by atoms with Crippen molar-refractivity contribution in [1.82, 2.24) is 10.3 Å². The molecule has 0 amide bonds. The van der Waals surface area contributed by atoms with Gasteiger partial charge in [0, 0.05) is 6.04 Å². The summed E-state index contributed by atoms with van der Waals surface area (Å²) >= 11 is 0. The smallest absolute Gasteiger partial charge is 0.145 e. The molecule has 1 aromatic carbocycles. The van der Waals surface area contributed by atoms with E-state index in [1.54, 1.807) is 6.20 Å². The predicted octanol–water partition coefficient (Wildman–Crippen LogP) is 4.24. The molecule has 1 heterocycles. The molecule has 0 aliphatic heterocycles. The van der Waals surface area contributed by atoms with Gasteiger partial charge in [-0.15, -0.1) is 0 Å². The van der Waals surface area contributed by atoms with Gasteiger partial charge in [0.2, 0.25) is 0 Å². The SMILES string of the molecule is CCCNC(C)c1ccc(Oc2cccc(C)c2)cn1. The lowest BCUT2D eigenvalue weighted by Gasteiger charge is -2.13. The summed E-state index contributed by atoms with van der Waals surface area (Å²) in [5.74, 6) is 1.61. The highest BCUT2D eigenvalue weighted by Gasteiger charge is 2.06. The Hall–Kier alpha value is -1.87. The van der Waals surface area contributed by atoms with Crippen LogP contribution in [0, 0.1) is 6.92 Å². The second-order valence-corrected chi connectivity index (χ2v) is 5.01. The van der Waals surface area contributed by atoms with Gasteiger partial charge in [-0.05, 0) is 56.6 Å². The molecule has 20 heavy (non-hydrogen) atoms. The molecule has 3 heteroatoms. The summed E-state index contributed by atoms with van der Waals surface area (Å²) in [5.41, 5.74) is 2.22. The van der Waals surface area contributed by atoms with E-state index in [2.05, 4.69) is 37.1 Å². The summed E-state index contributed by atoms with van der Waals surface area (Å²) in [7, 11) is 0. The molecule has 2 aromatic rings. The topological polar surface area (TPSA) is 34.1 Å². The Labute approximate surface area is 121 Å². The normalized spacial score (nSPS) is 12.2. The molecule has 1 N–H and O–H groups in total. The molecule has 0 saturated heterocycles.